The van der Waals surface area contributed by atoms with Gasteiger partial charge in [-0.3, -0.25) is 9.36 Å². The molecule has 0 saturated carbocycles. The number of anilines is 1. The maximum atomic E-state index is 12.2. The standard InChI is InChI=1S/C17H17N5O2/c1-11-12(2)22(10-20-11)17-18-8-14(9-19-17)21-16(23)13-4-6-15(24-3)7-5-13/h4-10H,1-3H3,(H,21,23). The quantitative estimate of drug-likeness (QED) is 0.798. The van der Waals surface area contributed by atoms with Crippen LogP contribution < -0.4 is 10.1 Å². The van der Waals surface area contributed by atoms with E-state index in [1.807, 2.05) is 13.8 Å². The van der Waals surface area contributed by atoms with Crippen LogP contribution in [0.3, 0.4) is 0 Å². The summed E-state index contributed by atoms with van der Waals surface area (Å²) in [4.78, 5) is 25.0. The van der Waals surface area contributed by atoms with Crippen LogP contribution >= 0.6 is 0 Å². The van der Waals surface area contributed by atoms with Crippen molar-refractivity contribution in [1.29, 1.82) is 0 Å². The maximum Gasteiger partial charge on any atom is 0.255 e. The van der Waals surface area contributed by atoms with E-state index in [-0.39, 0.29) is 5.91 Å². The molecule has 3 aromatic rings. The first kappa shape index (κ1) is 15.7. The molecule has 1 N–H and O–H groups in total. The first-order valence-electron chi connectivity index (χ1n) is 7.37. The largest absolute Gasteiger partial charge is 0.497 e. The predicted octanol–water partition coefficient (Wildman–Crippen LogP) is 2.54. The zero-order chi connectivity index (χ0) is 17.1. The van der Waals surface area contributed by atoms with Crippen molar-refractivity contribution in [2.75, 3.05) is 12.4 Å². The number of amides is 1. The van der Waals surface area contributed by atoms with Crippen LogP contribution in [0.4, 0.5) is 5.69 Å². The summed E-state index contributed by atoms with van der Waals surface area (Å²) in [6.07, 6.45) is 4.81. The van der Waals surface area contributed by atoms with Crippen LogP contribution in [-0.2, 0) is 0 Å². The molecule has 0 fully saturated rings. The molecule has 3 rings (SSSR count). The summed E-state index contributed by atoms with van der Waals surface area (Å²) >= 11 is 0. The Kier molecular flexibility index (Phi) is 4.24. The summed E-state index contributed by atoms with van der Waals surface area (Å²) in [6, 6.07) is 6.86. The highest BCUT2D eigenvalue weighted by atomic mass is 16.5. The Labute approximate surface area is 139 Å². The van der Waals surface area contributed by atoms with Crippen molar-refractivity contribution in [3.8, 4) is 11.7 Å². The van der Waals surface area contributed by atoms with E-state index in [1.54, 1.807) is 54.7 Å². The molecule has 24 heavy (non-hydrogen) atoms. The van der Waals surface area contributed by atoms with E-state index in [0.29, 0.717) is 22.9 Å². The van der Waals surface area contributed by atoms with E-state index in [4.69, 9.17) is 4.74 Å². The van der Waals surface area contributed by atoms with E-state index in [0.717, 1.165) is 11.4 Å². The van der Waals surface area contributed by atoms with E-state index in [2.05, 4.69) is 20.3 Å². The first-order valence-corrected chi connectivity index (χ1v) is 7.37. The molecule has 2 aromatic heterocycles. The average molecular weight is 323 g/mol. The van der Waals surface area contributed by atoms with Crippen molar-refractivity contribution in [2.24, 2.45) is 0 Å². The number of nitrogens with one attached hydrogen (secondary N) is 1. The van der Waals surface area contributed by atoms with Crippen molar-refractivity contribution >= 4 is 11.6 Å². The van der Waals surface area contributed by atoms with E-state index in [9.17, 15) is 4.79 Å². The van der Waals surface area contributed by atoms with Crippen molar-refractivity contribution in [2.45, 2.75) is 13.8 Å². The van der Waals surface area contributed by atoms with Gasteiger partial charge in [0.05, 0.1) is 30.9 Å². The number of rotatable bonds is 4. The Morgan fingerprint density at radius 2 is 1.75 bits per heavy atom. The number of methoxy groups -OCH3 is 1. The molecule has 122 valence electrons. The van der Waals surface area contributed by atoms with Gasteiger partial charge in [0.2, 0.25) is 5.95 Å². The Morgan fingerprint density at radius 1 is 1.08 bits per heavy atom. The maximum absolute atomic E-state index is 12.2. The molecule has 0 aliphatic heterocycles. The van der Waals surface area contributed by atoms with Gasteiger partial charge < -0.3 is 10.1 Å². The molecule has 0 bridgehead atoms. The second-order valence-corrected chi connectivity index (χ2v) is 5.24. The fourth-order valence-corrected chi connectivity index (χ4v) is 2.16. The molecule has 0 saturated heterocycles. The Bertz CT molecular complexity index is 854. The minimum atomic E-state index is -0.233. The lowest BCUT2D eigenvalue weighted by atomic mass is 10.2. The second kappa shape index (κ2) is 6.49. The molecule has 0 unspecified atom stereocenters. The number of carbonyl (C=O) groups excluding carboxylic acids is 1. The SMILES string of the molecule is COc1ccc(C(=O)Nc2cnc(-n3cnc(C)c3C)nc2)cc1. The summed E-state index contributed by atoms with van der Waals surface area (Å²) < 4.78 is 6.87. The lowest BCUT2D eigenvalue weighted by Gasteiger charge is -2.07. The van der Waals surface area contributed by atoms with Crippen LogP contribution in [0.25, 0.3) is 5.95 Å². The molecule has 1 amide bonds. The number of carbonyl (C=O) groups is 1. The first-order chi connectivity index (χ1) is 11.6. The highest BCUT2D eigenvalue weighted by Gasteiger charge is 2.09. The molecule has 0 aliphatic rings. The summed E-state index contributed by atoms with van der Waals surface area (Å²) in [7, 11) is 1.58. The topological polar surface area (TPSA) is 81.9 Å². The Morgan fingerprint density at radius 3 is 2.29 bits per heavy atom. The van der Waals surface area contributed by atoms with Gasteiger partial charge in [0.15, 0.2) is 0 Å². The monoisotopic (exact) mass is 323 g/mol. The zero-order valence-electron chi connectivity index (χ0n) is 13.6. The van der Waals surface area contributed by atoms with Gasteiger partial charge in [-0.05, 0) is 38.1 Å². The molecule has 7 nitrogen and oxygen atoms in total. The summed E-state index contributed by atoms with van der Waals surface area (Å²) in [5.41, 5.74) is 2.95. The van der Waals surface area contributed by atoms with Gasteiger partial charge in [-0.1, -0.05) is 0 Å². The van der Waals surface area contributed by atoms with Gasteiger partial charge in [0.1, 0.15) is 12.1 Å². The molecule has 2 heterocycles. The number of imidazole rings is 1. The third-order valence-corrected chi connectivity index (χ3v) is 3.72. The summed E-state index contributed by atoms with van der Waals surface area (Å²) in [6.45, 7) is 3.88. The van der Waals surface area contributed by atoms with Crippen LogP contribution in [0.2, 0.25) is 0 Å². The Hall–Kier alpha value is -3.22. The van der Waals surface area contributed by atoms with Gasteiger partial charge in [-0.15, -0.1) is 0 Å². The summed E-state index contributed by atoms with van der Waals surface area (Å²) in [5.74, 6) is 0.976. The minimum absolute atomic E-state index is 0.233. The van der Waals surface area contributed by atoms with Crippen molar-refractivity contribution < 1.29 is 9.53 Å². The minimum Gasteiger partial charge on any atom is -0.497 e. The highest BCUT2D eigenvalue weighted by molar-refractivity contribution is 6.04. The molecule has 0 atom stereocenters. The molecule has 1 aromatic carbocycles. The molecule has 0 spiro atoms. The van der Waals surface area contributed by atoms with Gasteiger partial charge in [-0.2, -0.15) is 0 Å². The number of hydrogen-bond donors (Lipinski definition) is 1. The lowest BCUT2D eigenvalue weighted by Crippen LogP contribution is -2.13. The fourth-order valence-electron chi connectivity index (χ4n) is 2.16. The third kappa shape index (κ3) is 3.10. The van der Waals surface area contributed by atoms with E-state index >= 15 is 0 Å². The smallest absolute Gasteiger partial charge is 0.255 e. The molecule has 7 heteroatoms. The van der Waals surface area contributed by atoms with Gasteiger partial charge in [-0.25, -0.2) is 15.0 Å². The van der Waals surface area contributed by atoms with Crippen LogP contribution in [-0.4, -0.2) is 32.5 Å². The highest BCUT2D eigenvalue weighted by Crippen LogP contribution is 2.14. The number of aromatic nitrogens is 4. The Balaban J connectivity index is 1.73. The third-order valence-electron chi connectivity index (χ3n) is 3.72. The summed E-state index contributed by atoms with van der Waals surface area (Å²) in [5, 5.41) is 2.76. The van der Waals surface area contributed by atoms with Gasteiger partial charge in [0.25, 0.3) is 5.91 Å². The number of hydrogen-bond acceptors (Lipinski definition) is 5. The number of nitrogens with zero attached hydrogens (tertiary/aromatic N) is 4. The van der Waals surface area contributed by atoms with Crippen LogP contribution in [0, 0.1) is 13.8 Å². The van der Waals surface area contributed by atoms with Gasteiger partial charge in [0, 0.05) is 11.3 Å². The van der Waals surface area contributed by atoms with Crippen molar-refractivity contribution in [3.63, 3.8) is 0 Å². The van der Waals surface area contributed by atoms with Crippen molar-refractivity contribution in [3.05, 3.63) is 59.9 Å². The normalized spacial score (nSPS) is 10.5. The number of benzene rings is 1. The lowest BCUT2D eigenvalue weighted by molar-refractivity contribution is 0.102. The van der Waals surface area contributed by atoms with Crippen molar-refractivity contribution in [1.82, 2.24) is 19.5 Å². The predicted molar refractivity (Wildman–Crippen MR) is 89.6 cm³/mol. The van der Waals surface area contributed by atoms with E-state index in [1.165, 1.54) is 0 Å². The zero-order valence-corrected chi connectivity index (χ0v) is 13.6. The number of ether oxygens (including phenoxy) is 1. The van der Waals surface area contributed by atoms with Crippen LogP contribution in [0.15, 0.2) is 43.0 Å². The fraction of sp³-hybridized carbons (Fsp3) is 0.176. The average Bonchev–Trinajstić information content (AvgIpc) is 2.95. The molecule has 0 aliphatic carbocycles. The molecular formula is C17H17N5O2. The van der Waals surface area contributed by atoms with E-state index < -0.39 is 0 Å². The molecule has 0 radical (unpaired) electrons. The van der Waals surface area contributed by atoms with Gasteiger partial charge >= 0.3 is 0 Å². The second-order valence-electron chi connectivity index (χ2n) is 5.24. The molecular weight excluding hydrogens is 306 g/mol. The van der Waals surface area contributed by atoms with Crippen LogP contribution in [0.5, 0.6) is 5.75 Å². The van der Waals surface area contributed by atoms with Crippen LogP contribution in [0.1, 0.15) is 21.7 Å². The number of aryl methyl sites for hydroxylation is 1.